The van der Waals surface area contributed by atoms with Crippen LogP contribution in [-0.2, 0) is 9.53 Å². The third-order valence-corrected chi connectivity index (χ3v) is 9.52. The molecule has 4 aliphatic rings. The van der Waals surface area contributed by atoms with Crippen molar-refractivity contribution in [1.29, 1.82) is 0 Å². The van der Waals surface area contributed by atoms with E-state index in [2.05, 4.69) is 34.3 Å². The van der Waals surface area contributed by atoms with Crippen LogP contribution < -0.4 is 0 Å². The highest BCUT2D eigenvalue weighted by molar-refractivity contribution is 5.85. The zero-order valence-electron chi connectivity index (χ0n) is 18.5. The van der Waals surface area contributed by atoms with Gasteiger partial charge in [0.15, 0.2) is 0 Å². The number of fused-ring (bicyclic) bond motifs is 3. The first kappa shape index (κ1) is 21.1. The fourth-order valence-corrected chi connectivity index (χ4v) is 8.21. The highest BCUT2D eigenvalue weighted by Crippen LogP contribution is 2.69. The Morgan fingerprint density at radius 3 is 2.52 bits per heavy atom. The second-order valence-electron chi connectivity index (χ2n) is 11.4. The van der Waals surface area contributed by atoms with Gasteiger partial charge in [0.2, 0.25) is 6.29 Å². The normalized spacial score (nSPS) is 45.1. The van der Waals surface area contributed by atoms with Crippen molar-refractivity contribution in [1.82, 2.24) is 0 Å². The molecule has 7 atom stereocenters. The van der Waals surface area contributed by atoms with Crippen LogP contribution in [0.2, 0.25) is 0 Å². The van der Waals surface area contributed by atoms with E-state index < -0.39 is 18.4 Å². The average molecular weight is 403 g/mol. The molecule has 162 valence electrons. The Labute approximate surface area is 175 Å². The summed E-state index contributed by atoms with van der Waals surface area (Å²) in [6.45, 7) is 14.3. The van der Waals surface area contributed by atoms with Gasteiger partial charge in [-0.1, -0.05) is 46.3 Å². The third-order valence-electron chi connectivity index (χ3n) is 9.52. The summed E-state index contributed by atoms with van der Waals surface area (Å²) in [7, 11) is 0. The van der Waals surface area contributed by atoms with Crippen molar-refractivity contribution in [2.45, 2.75) is 91.5 Å². The van der Waals surface area contributed by atoms with Crippen LogP contribution in [0.4, 0.5) is 0 Å². The lowest BCUT2D eigenvalue weighted by atomic mass is 9.39. The Morgan fingerprint density at radius 2 is 1.86 bits per heavy atom. The fourth-order valence-electron chi connectivity index (χ4n) is 8.21. The van der Waals surface area contributed by atoms with Gasteiger partial charge in [-0.2, -0.15) is 0 Å². The maximum Gasteiger partial charge on any atom is 0.333 e. The summed E-state index contributed by atoms with van der Waals surface area (Å²) in [5.41, 5.74) is 2.36. The molecule has 0 bridgehead atoms. The summed E-state index contributed by atoms with van der Waals surface area (Å²) in [6.07, 6.45) is 8.11. The molecular weight excluding hydrogens is 364 g/mol. The smallest absolute Gasteiger partial charge is 0.333 e. The van der Waals surface area contributed by atoms with E-state index >= 15 is 0 Å². The Balaban J connectivity index is 1.62. The summed E-state index contributed by atoms with van der Waals surface area (Å²) >= 11 is 0. The number of carbonyl (C=O) groups excluding carboxylic acids is 1. The van der Waals surface area contributed by atoms with Crippen LogP contribution in [0.1, 0.15) is 79.1 Å². The largest absolute Gasteiger partial charge is 0.429 e. The van der Waals surface area contributed by atoms with Crippen molar-refractivity contribution >= 4 is 5.97 Å². The molecule has 0 aromatic carbocycles. The van der Waals surface area contributed by atoms with Gasteiger partial charge >= 0.3 is 5.97 Å². The van der Waals surface area contributed by atoms with Crippen molar-refractivity contribution < 1.29 is 19.7 Å². The minimum Gasteiger partial charge on any atom is -0.429 e. The van der Waals surface area contributed by atoms with Crippen molar-refractivity contribution in [3.63, 3.8) is 0 Å². The molecule has 1 aliphatic heterocycles. The summed E-state index contributed by atoms with van der Waals surface area (Å²) in [5, 5.41) is 20.9. The summed E-state index contributed by atoms with van der Waals surface area (Å²) in [6, 6.07) is 0. The van der Waals surface area contributed by atoms with E-state index in [4.69, 9.17) is 4.74 Å². The molecule has 0 saturated heterocycles. The van der Waals surface area contributed by atoms with E-state index in [-0.39, 0.29) is 11.3 Å². The molecule has 2 N–H and O–H groups in total. The van der Waals surface area contributed by atoms with Crippen molar-refractivity contribution in [3.05, 3.63) is 23.8 Å². The minimum absolute atomic E-state index is 0.101. The van der Waals surface area contributed by atoms with E-state index in [0.717, 1.165) is 18.8 Å². The van der Waals surface area contributed by atoms with Gasteiger partial charge in [0.05, 0.1) is 6.10 Å². The molecule has 29 heavy (non-hydrogen) atoms. The van der Waals surface area contributed by atoms with E-state index in [9.17, 15) is 15.0 Å². The molecule has 0 aromatic heterocycles. The molecule has 0 radical (unpaired) electrons. The first-order chi connectivity index (χ1) is 13.5. The number of ether oxygens (including phenoxy) is 1. The number of esters is 1. The van der Waals surface area contributed by atoms with Crippen molar-refractivity contribution in [3.8, 4) is 0 Å². The molecule has 0 aromatic rings. The van der Waals surface area contributed by atoms with Gasteiger partial charge in [-0.25, -0.2) is 4.79 Å². The predicted octanol–water partition coefficient (Wildman–Crippen LogP) is 4.75. The molecular formula is C25H38O4. The Morgan fingerprint density at radius 1 is 1.14 bits per heavy atom. The van der Waals surface area contributed by atoms with Gasteiger partial charge in [-0.15, -0.1) is 0 Å². The number of cyclic esters (lactones) is 1. The molecule has 4 rings (SSSR count). The molecule has 3 aliphatic carbocycles. The maximum absolute atomic E-state index is 11.5. The molecule has 4 heteroatoms. The quantitative estimate of drug-likeness (QED) is 0.528. The Bertz CT molecular complexity index is 737. The summed E-state index contributed by atoms with van der Waals surface area (Å²) < 4.78 is 4.79. The van der Waals surface area contributed by atoms with Crippen LogP contribution in [0.25, 0.3) is 0 Å². The summed E-state index contributed by atoms with van der Waals surface area (Å²) in [5.74, 6) is 0.999. The zero-order chi connectivity index (χ0) is 21.2. The molecule has 3 fully saturated rings. The Hall–Kier alpha value is -1.13. The topological polar surface area (TPSA) is 66.8 Å². The number of hydrogen-bond acceptors (Lipinski definition) is 4. The molecule has 4 nitrogen and oxygen atoms in total. The zero-order valence-corrected chi connectivity index (χ0v) is 18.5. The van der Waals surface area contributed by atoms with Gasteiger partial charge in [0, 0.05) is 11.6 Å². The van der Waals surface area contributed by atoms with Gasteiger partial charge in [-0.05, 0) is 78.9 Å². The van der Waals surface area contributed by atoms with Crippen LogP contribution in [-0.4, -0.2) is 28.6 Å². The van der Waals surface area contributed by atoms with E-state index in [1.54, 1.807) is 0 Å². The van der Waals surface area contributed by atoms with E-state index in [0.29, 0.717) is 28.7 Å². The lowest BCUT2D eigenvalue weighted by molar-refractivity contribution is -0.158. The Kier molecular flexibility index (Phi) is 5.06. The number of hydrogen-bond donors (Lipinski definition) is 2. The highest BCUT2D eigenvalue weighted by atomic mass is 16.6. The molecule has 3 saturated carbocycles. The first-order valence-electron chi connectivity index (χ1n) is 11.4. The van der Waals surface area contributed by atoms with Gasteiger partial charge in [-0.3, -0.25) is 0 Å². The number of aliphatic hydroxyl groups excluding tert-OH is 2. The highest BCUT2D eigenvalue weighted by Gasteiger charge is 2.61. The molecule has 0 amide bonds. The average Bonchev–Trinajstić information content (AvgIpc) is 2.95. The number of allylic oxidation sites excluding steroid dienone is 1. The van der Waals surface area contributed by atoms with Gasteiger partial charge < -0.3 is 14.9 Å². The number of carbonyl (C=O) groups is 1. The lowest BCUT2D eigenvalue weighted by Crippen LogP contribution is -2.58. The number of rotatable bonds is 3. The van der Waals surface area contributed by atoms with Crippen LogP contribution in [0.5, 0.6) is 0 Å². The van der Waals surface area contributed by atoms with Crippen LogP contribution in [0.3, 0.4) is 0 Å². The van der Waals surface area contributed by atoms with E-state index in [1.807, 2.05) is 0 Å². The fraction of sp³-hybridized carbons (Fsp3) is 0.800. The maximum atomic E-state index is 11.5. The summed E-state index contributed by atoms with van der Waals surface area (Å²) in [4.78, 5) is 11.5. The second kappa shape index (κ2) is 6.95. The standard InChI is InChI=1S/C25H38O4/c1-15-7-8-20-24(4,12-9-19-23(2,3)10-6-11-25(19,20)5)17(15)14-18(26)16-13-21(27)29-22(16)28/h13,17-20,22,26,28H,1,6-12,14H2,2-5H3/t17-,18-,19+,20+,22?,24+,25+/m1/s1. The van der Waals surface area contributed by atoms with Crippen LogP contribution in [0.15, 0.2) is 23.8 Å². The molecule has 1 unspecified atom stereocenters. The predicted molar refractivity (Wildman–Crippen MR) is 113 cm³/mol. The van der Waals surface area contributed by atoms with Crippen LogP contribution >= 0.6 is 0 Å². The lowest BCUT2D eigenvalue weighted by Gasteiger charge is -2.66. The van der Waals surface area contributed by atoms with Gasteiger partial charge in [0.25, 0.3) is 0 Å². The molecule has 0 spiro atoms. The number of aliphatic hydroxyl groups is 2. The second-order valence-corrected chi connectivity index (χ2v) is 11.4. The van der Waals surface area contributed by atoms with Crippen LogP contribution in [0, 0.1) is 34.0 Å². The van der Waals surface area contributed by atoms with E-state index in [1.165, 1.54) is 43.8 Å². The minimum atomic E-state index is -1.31. The SMILES string of the molecule is C=C1CC[C@H]2[C@@](C)(CC[C@H]3C(C)(C)CCC[C@]23C)[C@@H]1C[C@@H](O)C1=CC(=O)OC1O. The van der Waals surface area contributed by atoms with Gasteiger partial charge in [0.1, 0.15) is 0 Å². The van der Waals surface area contributed by atoms with Crippen molar-refractivity contribution in [2.75, 3.05) is 0 Å². The first-order valence-corrected chi connectivity index (χ1v) is 11.4. The monoisotopic (exact) mass is 402 g/mol. The molecule has 1 heterocycles. The third kappa shape index (κ3) is 3.22. The van der Waals surface area contributed by atoms with Crippen molar-refractivity contribution in [2.24, 2.45) is 34.0 Å².